The van der Waals surface area contributed by atoms with Gasteiger partial charge in [0.1, 0.15) is 5.69 Å². The third-order valence-corrected chi connectivity index (χ3v) is 7.14. The van der Waals surface area contributed by atoms with Crippen molar-refractivity contribution in [2.45, 2.75) is 64.1 Å². The number of hydrogen-bond acceptors (Lipinski definition) is 2. The van der Waals surface area contributed by atoms with Gasteiger partial charge in [0, 0.05) is 11.7 Å². The number of nitrogens with one attached hydrogen (secondary N) is 1. The Labute approximate surface area is 214 Å². The summed E-state index contributed by atoms with van der Waals surface area (Å²) < 4.78 is 43.2. The first-order chi connectivity index (χ1) is 17.6. The third kappa shape index (κ3) is 6.06. The van der Waals surface area contributed by atoms with E-state index in [0.717, 1.165) is 37.4 Å². The van der Waals surface area contributed by atoms with Crippen LogP contribution in [0, 0.1) is 5.92 Å². The van der Waals surface area contributed by atoms with Crippen molar-refractivity contribution in [1.29, 1.82) is 0 Å². The number of rotatable bonds is 10. The Bertz CT molecular complexity index is 1270. The van der Waals surface area contributed by atoms with Crippen LogP contribution in [0.3, 0.4) is 0 Å². The first kappa shape index (κ1) is 26.5. The zero-order valence-electron chi connectivity index (χ0n) is 20.9. The van der Waals surface area contributed by atoms with E-state index < -0.39 is 29.5 Å². The van der Waals surface area contributed by atoms with Crippen LogP contribution >= 0.6 is 0 Å². The maximum absolute atomic E-state index is 13.7. The number of hydrogen-bond donors (Lipinski definition) is 2. The first-order valence-electron chi connectivity index (χ1n) is 12.6. The standard InChI is InChI=1S/C29H31F3N2O3/c1-3-18(2)34-21(11-7-10-19-8-5-4-6-9-19)13-15-26(34)27(35)33-25-16-20(22-17-23(22)28(36)37)12-14-24(25)29(30,31)32/h4-6,8-9,12-16,18,22-23H,3,7,10-11,17H2,1-2H3,(H,33,35)(H,36,37)/t18?,22-,23?/m0/s1. The highest BCUT2D eigenvalue weighted by atomic mass is 19.4. The molecule has 3 aromatic rings. The number of aromatic nitrogens is 1. The number of halogens is 3. The van der Waals surface area contributed by atoms with Crippen LogP contribution in [0.25, 0.3) is 0 Å². The van der Waals surface area contributed by atoms with Crippen LogP contribution in [0.5, 0.6) is 0 Å². The monoisotopic (exact) mass is 512 g/mol. The number of nitrogens with zero attached hydrogens (tertiary/aromatic N) is 1. The van der Waals surface area contributed by atoms with Crippen LogP contribution in [0.15, 0.2) is 60.7 Å². The number of aliphatic carboxylic acids is 1. The van der Waals surface area contributed by atoms with Gasteiger partial charge in [0.15, 0.2) is 0 Å². The Morgan fingerprint density at radius 3 is 2.43 bits per heavy atom. The van der Waals surface area contributed by atoms with Gasteiger partial charge in [0.2, 0.25) is 0 Å². The lowest BCUT2D eigenvalue weighted by Crippen LogP contribution is -2.22. The molecular weight excluding hydrogens is 481 g/mol. The zero-order valence-corrected chi connectivity index (χ0v) is 20.9. The Morgan fingerprint density at radius 2 is 1.81 bits per heavy atom. The smallest absolute Gasteiger partial charge is 0.418 e. The molecule has 1 aromatic heterocycles. The molecule has 1 saturated carbocycles. The van der Waals surface area contributed by atoms with Gasteiger partial charge < -0.3 is 15.0 Å². The minimum atomic E-state index is -4.67. The predicted octanol–water partition coefficient (Wildman–Crippen LogP) is 7.09. The number of aryl methyl sites for hydroxylation is 2. The molecule has 196 valence electrons. The number of carboxylic acid groups (broad SMARTS) is 1. The highest BCUT2D eigenvalue weighted by Crippen LogP contribution is 2.49. The van der Waals surface area contributed by atoms with Crippen LogP contribution in [-0.4, -0.2) is 21.6 Å². The predicted molar refractivity (Wildman–Crippen MR) is 136 cm³/mol. The van der Waals surface area contributed by atoms with Gasteiger partial charge in [-0.2, -0.15) is 13.2 Å². The van der Waals surface area contributed by atoms with Crippen molar-refractivity contribution < 1.29 is 27.9 Å². The molecule has 0 bridgehead atoms. The summed E-state index contributed by atoms with van der Waals surface area (Å²) in [6.07, 6.45) is -1.06. The van der Waals surface area contributed by atoms with E-state index in [-0.39, 0.29) is 17.6 Å². The molecule has 1 aliphatic carbocycles. The summed E-state index contributed by atoms with van der Waals surface area (Å²) in [6.45, 7) is 3.98. The second-order valence-corrected chi connectivity index (χ2v) is 9.72. The van der Waals surface area contributed by atoms with E-state index in [4.69, 9.17) is 0 Å². The van der Waals surface area contributed by atoms with E-state index in [2.05, 4.69) is 17.4 Å². The van der Waals surface area contributed by atoms with Gasteiger partial charge in [0.05, 0.1) is 17.2 Å². The second-order valence-electron chi connectivity index (χ2n) is 9.72. The molecule has 1 heterocycles. The maximum atomic E-state index is 13.7. The molecule has 5 nitrogen and oxygen atoms in total. The summed E-state index contributed by atoms with van der Waals surface area (Å²) >= 11 is 0. The van der Waals surface area contributed by atoms with E-state index in [0.29, 0.717) is 17.7 Å². The van der Waals surface area contributed by atoms with Crippen LogP contribution in [-0.2, 0) is 23.8 Å². The fraction of sp³-hybridized carbons (Fsp3) is 0.379. The topological polar surface area (TPSA) is 71.3 Å². The van der Waals surface area contributed by atoms with Crippen LogP contribution in [0.2, 0.25) is 0 Å². The average Bonchev–Trinajstić information content (AvgIpc) is 3.57. The molecule has 0 spiro atoms. The van der Waals surface area contributed by atoms with Crippen molar-refractivity contribution in [3.05, 3.63) is 88.7 Å². The molecule has 1 aliphatic rings. The van der Waals surface area contributed by atoms with E-state index >= 15 is 0 Å². The summed E-state index contributed by atoms with van der Waals surface area (Å²) in [5, 5.41) is 11.7. The quantitative estimate of drug-likeness (QED) is 0.305. The van der Waals surface area contributed by atoms with Crippen LogP contribution in [0.1, 0.15) is 77.9 Å². The summed E-state index contributed by atoms with van der Waals surface area (Å²) in [4.78, 5) is 24.6. The molecular formula is C29H31F3N2O3. The third-order valence-electron chi connectivity index (χ3n) is 7.14. The number of carbonyl (C=O) groups is 2. The van der Waals surface area contributed by atoms with Gasteiger partial charge >= 0.3 is 12.1 Å². The van der Waals surface area contributed by atoms with E-state index in [1.807, 2.05) is 42.7 Å². The summed E-state index contributed by atoms with van der Waals surface area (Å²) in [5.41, 5.74) is 1.66. The fourth-order valence-electron chi connectivity index (χ4n) is 4.87. The molecule has 0 saturated heterocycles. The molecule has 1 fully saturated rings. The first-order valence-corrected chi connectivity index (χ1v) is 12.6. The molecule has 3 atom stereocenters. The molecule has 8 heteroatoms. The number of alkyl halides is 3. The average molecular weight is 513 g/mol. The number of anilines is 1. The van der Waals surface area contributed by atoms with Crippen molar-refractivity contribution in [3.63, 3.8) is 0 Å². The minimum absolute atomic E-state index is 0.0151. The van der Waals surface area contributed by atoms with Crippen molar-refractivity contribution >= 4 is 17.6 Å². The number of carboxylic acids is 1. The van der Waals surface area contributed by atoms with Gasteiger partial charge in [0.25, 0.3) is 5.91 Å². The lowest BCUT2D eigenvalue weighted by Gasteiger charge is -2.20. The largest absolute Gasteiger partial charge is 0.481 e. The zero-order chi connectivity index (χ0) is 26.7. The molecule has 37 heavy (non-hydrogen) atoms. The van der Waals surface area contributed by atoms with Crippen LogP contribution in [0.4, 0.5) is 18.9 Å². The lowest BCUT2D eigenvalue weighted by molar-refractivity contribution is -0.139. The highest BCUT2D eigenvalue weighted by Gasteiger charge is 2.45. The summed E-state index contributed by atoms with van der Waals surface area (Å²) in [5.74, 6) is -2.55. The van der Waals surface area contributed by atoms with Gasteiger partial charge in [-0.05, 0) is 80.3 Å². The second kappa shape index (κ2) is 10.8. The number of benzene rings is 2. The van der Waals surface area contributed by atoms with E-state index in [1.54, 1.807) is 6.07 Å². The summed E-state index contributed by atoms with van der Waals surface area (Å²) in [6, 6.07) is 17.1. The number of carbonyl (C=O) groups excluding carboxylic acids is 1. The number of amides is 1. The Morgan fingerprint density at radius 1 is 1.08 bits per heavy atom. The van der Waals surface area contributed by atoms with Crippen molar-refractivity contribution in [2.75, 3.05) is 5.32 Å². The van der Waals surface area contributed by atoms with Crippen molar-refractivity contribution in [2.24, 2.45) is 5.92 Å². The molecule has 0 radical (unpaired) electrons. The lowest BCUT2D eigenvalue weighted by atomic mass is 10.0. The molecule has 0 aliphatic heterocycles. The fourth-order valence-corrected chi connectivity index (χ4v) is 4.87. The van der Waals surface area contributed by atoms with Crippen molar-refractivity contribution in [1.82, 2.24) is 4.57 Å². The maximum Gasteiger partial charge on any atom is 0.418 e. The highest BCUT2D eigenvalue weighted by molar-refractivity contribution is 6.04. The molecule has 4 rings (SSSR count). The molecule has 2 unspecified atom stereocenters. The van der Waals surface area contributed by atoms with E-state index in [9.17, 15) is 27.9 Å². The van der Waals surface area contributed by atoms with Crippen molar-refractivity contribution in [3.8, 4) is 0 Å². The summed E-state index contributed by atoms with van der Waals surface area (Å²) in [7, 11) is 0. The Balaban J connectivity index is 1.58. The molecule has 1 amide bonds. The molecule has 2 N–H and O–H groups in total. The van der Waals surface area contributed by atoms with Gasteiger partial charge in [-0.25, -0.2) is 0 Å². The molecule has 2 aromatic carbocycles. The Kier molecular flexibility index (Phi) is 7.76. The Hall–Kier alpha value is -3.55. The minimum Gasteiger partial charge on any atom is -0.481 e. The SMILES string of the molecule is CCC(C)n1c(CCCc2ccccc2)ccc1C(=O)Nc1cc([C@@H]2CC2C(=O)O)ccc1C(F)(F)F. The van der Waals surface area contributed by atoms with Gasteiger partial charge in [-0.1, -0.05) is 43.3 Å². The van der Waals surface area contributed by atoms with E-state index in [1.165, 1.54) is 17.7 Å². The normalized spacial score (nSPS) is 17.9. The van der Waals surface area contributed by atoms with Gasteiger partial charge in [-0.3, -0.25) is 9.59 Å². The van der Waals surface area contributed by atoms with Crippen LogP contribution < -0.4 is 5.32 Å². The van der Waals surface area contributed by atoms with Gasteiger partial charge in [-0.15, -0.1) is 0 Å².